The highest BCUT2D eigenvalue weighted by Crippen LogP contribution is 2.43. The summed E-state index contributed by atoms with van der Waals surface area (Å²) in [5.41, 5.74) is 3.10. The lowest BCUT2D eigenvalue weighted by molar-refractivity contribution is -0.139. The summed E-state index contributed by atoms with van der Waals surface area (Å²) in [5.74, 6) is -1.07. The van der Waals surface area contributed by atoms with Gasteiger partial charge in [-0.15, -0.1) is 0 Å². The number of esters is 1. The molecule has 3 aliphatic rings. The average molecular weight is 475 g/mol. The first-order valence-electron chi connectivity index (χ1n) is 12.3. The molecule has 7 heteroatoms. The molecular formula is C28H30N2O5. The van der Waals surface area contributed by atoms with Gasteiger partial charge in [-0.2, -0.15) is 0 Å². The van der Waals surface area contributed by atoms with Gasteiger partial charge in [-0.25, -0.2) is 4.90 Å². The van der Waals surface area contributed by atoms with E-state index in [2.05, 4.69) is 6.92 Å². The van der Waals surface area contributed by atoms with Gasteiger partial charge < -0.3 is 9.64 Å². The molecule has 2 aromatic rings. The second-order valence-electron chi connectivity index (χ2n) is 10.3. The van der Waals surface area contributed by atoms with Crippen molar-refractivity contribution in [3.8, 4) is 5.75 Å². The first-order chi connectivity index (χ1) is 16.7. The highest BCUT2D eigenvalue weighted by Gasteiger charge is 2.50. The Kier molecular flexibility index (Phi) is 5.95. The Morgan fingerprint density at radius 1 is 0.943 bits per heavy atom. The van der Waals surface area contributed by atoms with E-state index in [4.69, 9.17) is 4.74 Å². The summed E-state index contributed by atoms with van der Waals surface area (Å²) >= 11 is 0. The van der Waals surface area contributed by atoms with Crippen molar-refractivity contribution in [2.24, 2.45) is 23.7 Å². The number of nitrogens with zero attached hydrogens (tertiary/aromatic N) is 2. The van der Waals surface area contributed by atoms with Crippen LogP contribution in [0, 0.1) is 37.5 Å². The van der Waals surface area contributed by atoms with Crippen molar-refractivity contribution >= 4 is 35.1 Å². The first kappa shape index (κ1) is 23.3. The number of carbonyl (C=O) groups is 4. The molecule has 4 atom stereocenters. The van der Waals surface area contributed by atoms with Crippen LogP contribution in [0.25, 0.3) is 0 Å². The van der Waals surface area contributed by atoms with Crippen molar-refractivity contribution in [3.63, 3.8) is 0 Å². The van der Waals surface area contributed by atoms with Gasteiger partial charge >= 0.3 is 5.97 Å². The van der Waals surface area contributed by atoms with Gasteiger partial charge in [0.15, 0.2) is 0 Å². The summed E-state index contributed by atoms with van der Waals surface area (Å²) < 4.78 is 5.60. The molecular weight excluding hydrogens is 444 g/mol. The maximum absolute atomic E-state index is 13.1. The van der Waals surface area contributed by atoms with Crippen LogP contribution in [0.3, 0.4) is 0 Å². The highest BCUT2D eigenvalue weighted by molar-refractivity contribution is 6.22. The van der Waals surface area contributed by atoms with Gasteiger partial charge in [0.05, 0.1) is 23.4 Å². The Hall–Kier alpha value is -3.48. The number of carbonyl (C=O) groups excluding carboxylic acids is 4. The van der Waals surface area contributed by atoms with Gasteiger partial charge in [0.2, 0.25) is 17.7 Å². The van der Waals surface area contributed by atoms with Crippen LogP contribution in [-0.2, 0) is 19.2 Å². The van der Waals surface area contributed by atoms with Crippen molar-refractivity contribution < 1.29 is 23.9 Å². The Balaban J connectivity index is 1.27. The van der Waals surface area contributed by atoms with E-state index in [0.717, 1.165) is 30.5 Å². The zero-order chi connectivity index (χ0) is 24.9. The monoisotopic (exact) mass is 474 g/mol. The molecule has 1 saturated carbocycles. The lowest BCUT2D eigenvalue weighted by atomic mass is 9.76. The Morgan fingerprint density at radius 3 is 2.37 bits per heavy atom. The van der Waals surface area contributed by atoms with Gasteiger partial charge in [0, 0.05) is 18.7 Å². The number of fused-ring (bicyclic) bond motifs is 1. The quantitative estimate of drug-likeness (QED) is 0.377. The summed E-state index contributed by atoms with van der Waals surface area (Å²) in [6.45, 7) is 6.18. The molecule has 3 fully saturated rings. The van der Waals surface area contributed by atoms with E-state index in [1.54, 1.807) is 30.0 Å². The predicted molar refractivity (Wildman–Crippen MR) is 131 cm³/mol. The van der Waals surface area contributed by atoms with E-state index in [1.807, 2.05) is 31.2 Å². The third kappa shape index (κ3) is 4.24. The van der Waals surface area contributed by atoms with E-state index in [1.165, 1.54) is 4.90 Å². The Labute approximate surface area is 205 Å². The van der Waals surface area contributed by atoms with E-state index in [-0.39, 0.29) is 42.5 Å². The lowest BCUT2D eigenvalue weighted by Crippen LogP contribution is -2.31. The molecule has 7 nitrogen and oxygen atoms in total. The molecule has 0 unspecified atom stereocenters. The third-order valence-electron chi connectivity index (χ3n) is 7.62. The van der Waals surface area contributed by atoms with Crippen LogP contribution in [0.4, 0.5) is 11.4 Å². The minimum absolute atomic E-state index is 0.0990. The number of benzene rings is 2. The number of anilines is 2. The second-order valence-corrected chi connectivity index (χ2v) is 10.3. The van der Waals surface area contributed by atoms with Crippen molar-refractivity contribution in [1.82, 2.24) is 0 Å². The molecule has 2 heterocycles. The summed E-state index contributed by atoms with van der Waals surface area (Å²) in [4.78, 5) is 54.4. The van der Waals surface area contributed by atoms with Crippen LogP contribution in [0.1, 0.15) is 43.7 Å². The molecule has 2 aromatic carbocycles. The lowest BCUT2D eigenvalue weighted by Gasteiger charge is -2.25. The average Bonchev–Trinajstić information content (AvgIpc) is 3.32. The second kappa shape index (κ2) is 8.95. The summed E-state index contributed by atoms with van der Waals surface area (Å²) in [6.07, 6.45) is 2.57. The van der Waals surface area contributed by atoms with Crippen molar-refractivity contribution in [3.05, 3.63) is 53.6 Å². The summed E-state index contributed by atoms with van der Waals surface area (Å²) in [6, 6.07) is 12.6. The molecule has 182 valence electrons. The van der Waals surface area contributed by atoms with Crippen LogP contribution >= 0.6 is 0 Å². The largest absolute Gasteiger partial charge is 0.426 e. The molecule has 0 bridgehead atoms. The van der Waals surface area contributed by atoms with E-state index in [0.29, 0.717) is 22.9 Å². The van der Waals surface area contributed by atoms with E-state index in [9.17, 15) is 19.2 Å². The predicted octanol–water partition coefficient (Wildman–Crippen LogP) is 4.19. The Bertz CT molecular complexity index is 1200. The topological polar surface area (TPSA) is 84.0 Å². The molecule has 1 aliphatic carbocycles. The zero-order valence-corrected chi connectivity index (χ0v) is 20.3. The fraction of sp³-hybridized carbons (Fsp3) is 0.429. The summed E-state index contributed by atoms with van der Waals surface area (Å²) in [5, 5.41) is 0. The summed E-state index contributed by atoms with van der Waals surface area (Å²) in [7, 11) is 0. The van der Waals surface area contributed by atoms with Gasteiger partial charge in [-0.3, -0.25) is 19.2 Å². The number of amides is 3. The minimum Gasteiger partial charge on any atom is -0.426 e. The third-order valence-corrected chi connectivity index (χ3v) is 7.62. The SMILES string of the molecule is Cc1ccc(N2C[C@H](C(=O)Oc3ccc(N4C(=O)[C@@H]5CC[C@H](C)C[C@H]5C4=O)c(C)c3)CC2=O)cc1. The smallest absolute Gasteiger partial charge is 0.316 e. The minimum atomic E-state index is -0.560. The molecule has 0 radical (unpaired) electrons. The number of ether oxygens (including phenoxy) is 1. The van der Waals surface area contributed by atoms with Gasteiger partial charge in [-0.1, -0.05) is 24.6 Å². The van der Waals surface area contributed by atoms with Crippen LogP contribution in [0.2, 0.25) is 0 Å². The highest BCUT2D eigenvalue weighted by atomic mass is 16.5. The molecule has 0 spiro atoms. The van der Waals surface area contributed by atoms with Gasteiger partial charge in [0.1, 0.15) is 5.75 Å². The first-order valence-corrected chi connectivity index (χ1v) is 12.3. The number of imide groups is 1. The molecule has 2 saturated heterocycles. The molecule has 2 aliphatic heterocycles. The number of aryl methyl sites for hydroxylation is 2. The zero-order valence-electron chi connectivity index (χ0n) is 20.3. The standard InChI is InChI=1S/C28H30N2O5/c1-16-4-7-20(8-5-16)29-15-19(14-25(29)31)28(34)35-21-9-11-24(18(3)13-21)30-26(32)22-10-6-17(2)12-23(22)27(30)33/h4-5,7-9,11,13,17,19,22-23H,6,10,12,14-15H2,1-3H3/t17-,19+,22+,23+/m0/s1. The van der Waals surface area contributed by atoms with E-state index < -0.39 is 11.9 Å². The maximum Gasteiger partial charge on any atom is 0.316 e. The maximum atomic E-state index is 13.1. The van der Waals surface area contributed by atoms with Crippen molar-refractivity contribution in [1.29, 1.82) is 0 Å². The van der Waals surface area contributed by atoms with Crippen LogP contribution in [0.15, 0.2) is 42.5 Å². The molecule has 0 N–H and O–H groups in total. The fourth-order valence-corrected chi connectivity index (χ4v) is 5.61. The Morgan fingerprint density at radius 2 is 1.66 bits per heavy atom. The fourth-order valence-electron chi connectivity index (χ4n) is 5.61. The van der Waals surface area contributed by atoms with E-state index >= 15 is 0 Å². The molecule has 0 aromatic heterocycles. The number of hydrogen-bond donors (Lipinski definition) is 0. The number of hydrogen-bond acceptors (Lipinski definition) is 5. The molecule has 35 heavy (non-hydrogen) atoms. The number of rotatable bonds is 4. The van der Waals surface area contributed by atoms with Crippen LogP contribution in [0.5, 0.6) is 5.75 Å². The van der Waals surface area contributed by atoms with Crippen molar-refractivity contribution in [2.45, 2.75) is 46.5 Å². The van der Waals surface area contributed by atoms with Gasteiger partial charge in [-0.05, 0) is 74.9 Å². The van der Waals surface area contributed by atoms with Crippen LogP contribution in [-0.4, -0.2) is 30.2 Å². The normalized spacial score (nSPS) is 26.3. The van der Waals surface area contributed by atoms with Gasteiger partial charge in [0.25, 0.3) is 0 Å². The molecule has 5 rings (SSSR count). The van der Waals surface area contributed by atoms with Crippen molar-refractivity contribution in [2.75, 3.05) is 16.3 Å². The van der Waals surface area contributed by atoms with Crippen LogP contribution < -0.4 is 14.5 Å². The molecule has 3 amide bonds.